The van der Waals surface area contributed by atoms with Gasteiger partial charge in [-0.1, -0.05) is 60.7 Å². The zero-order valence-electron chi connectivity index (χ0n) is 19.3. The first kappa shape index (κ1) is 22.3. The van der Waals surface area contributed by atoms with E-state index in [1.54, 1.807) is 0 Å². The minimum atomic E-state index is -0.431. The number of para-hydroxylation sites is 1. The van der Waals surface area contributed by atoms with Gasteiger partial charge in [-0.15, -0.1) is 4.73 Å². The van der Waals surface area contributed by atoms with Crippen molar-refractivity contribution in [2.24, 2.45) is 0 Å². The molecule has 0 saturated heterocycles. The largest absolute Gasteiger partial charge is 0.616 e. The SMILES string of the molecule is COc1c(Cc2c[nH]c3ccccc23)[nH]c(=O)c(Cc2ccc(OCc3ccccc3)cc2)[n+]1[O-]. The zero-order chi connectivity index (χ0) is 24.2. The van der Waals surface area contributed by atoms with Crippen LogP contribution in [0.3, 0.4) is 0 Å². The van der Waals surface area contributed by atoms with Gasteiger partial charge in [0.25, 0.3) is 5.69 Å². The first-order valence-corrected chi connectivity index (χ1v) is 11.3. The van der Waals surface area contributed by atoms with Crippen molar-refractivity contribution >= 4 is 10.9 Å². The van der Waals surface area contributed by atoms with Crippen LogP contribution in [0, 0.1) is 5.21 Å². The summed E-state index contributed by atoms with van der Waals surface area (Å²) in [4.78, 5) is 19.0. The lowest BCUT2D eigenvalue weighted by Crippen LogP contribution is -2.42. The lowest BCUT2D eigenvalue weighted by molar-refractivity contribution is -0.622. The second-order valence-corrected chi connectivity index (χ2v) is 8.31. The summed E-state index contributed by atoms with van der Waals surface area (Å²) in [6.07, 6.45) is 2.41. The molecular weight excluding hydrogens is 442 g/mol. The van der Waals surface area contributed by atoms with Gasteiger partial charge < -0.3 is 24.6 Å². The van der Waals surface area contributed by atoms with Crippen molar-refractivity contribution in [1.29, 1.82) is 0 Å². The van der Waals surface area contributed by atoms with Gasteiger partial charge in [0.1, 0.15) is 18.1 Å². The summed E-state index contributed by atoms with van der Waals surface area (Å²) in [6.45, 7) is 0.468. The van der Waals surface area contributed by atoms with Crippen molar-refractivity contribution in [1.82, 2.24) is 9.97 Å². The fourth-order valence-corrected chi connectivity index (χ4v) is 4.18. The van der Waals surface area contributed by atoms with Crippen LogP contribution in [0.15, 0.2) is 89.9 Å². The second-order valence-electron chi connectivity index (χ2n) is 8.31. The third-order valence-electron chi connectivity index (χ3n) is 5.99. The number of nitrogens with zero attached hydrogens (tertiary/aromatic N) is 1. The number of hydrogen-bond acceptors (Lipinski definition) is 4. The Hall–Kier alpha value is -4.52. The van der Waals surface area contributed by atoms with Crippen molar-refractivity contribution in [3.05, 3.63) is 129 Å². The van der Waals surface area contributed by atoms with E-state index in [2.05, 4.69) is 9.97 Å². The number of H-pyrrole nitrogens is 2. The molecule has 3 aromatic carbocycles. The lowest BCUT2D eigenvalue weighted by Gasteiger charge is -2.12. The summed E-state index contributed by atoms with van der Waals surface area (Å²) in [7, 11) is 1.43. The molecule has 0 unspecified atom stereocenters. The van der Waals surface area contributed by atoms with Gasteiger partial charge in [0.2, 0.25) is 0 Å². The van der Waals surface area contributed by atoms with Crippen LogP contribution >= 0.6 is 0 Å². The lowest BCUT2D eigenvalue weighted by atomic mass is 10.1. The number of fused-ring (bicyclic) bond motifs is 1. The van der Waals surface area contributed by atoms with Crippen LogP contribution in [0.5, 0.6) is 11.6 Å². The number of hydrogen-bond donors (Lipinski definition) is 2. The van der Waals surface area contributed by atoms with Crippen molar-refractivity contribution in [2.75, 3.05) is 7.11 Å². The minimum absolute atomic E-state index is 0.0717. The van der Waals surface area contributed by atoms with E-state index in [4.69, 9.17) is 9.47 Å². The van der Waals surface area contributed by atoms with Crippen LogP contribution in [0.25, 0.3) is 10.9 Å². The summed E-state index contributed by atoms with van der Waals surface area (Å²) in [5.74, 6) is 0.806. The van der Waals surface area contributed by atoms with Crippen LogP contribution in [0.1, 0.15) is 28.1 Å². The number of ether oxygens (including phenoxy) is 2. The molecule has 0 fully saturated rings. The minimum Gasteiger partial charge on any atom is -0.616 e. The number of aromatic amines is 2. The Bertz CT molecular complexity index is 1510. The molecule has 176 valence electrons. The molecule has 0 bridgehead atoms. The number of aromatic nitrogens is 3. The fourth-order valence-electron chi connectivity index (χ4n) is 4.18. The maximum Gasteiger partial charge on any atom is 0.400 e. The number of methoxy groups -OCH3 is 1. The standard InChI is InChI=1S/C28H25N3O4/c1-34-28-25(16-21-17-29-24-10-6-5-9-23(21)24)30-27(32)26(31(28)33)15-19-11-13-22(14-12-19)35-18-20-7-3-2-4-8-20/h2-14,17,29H,15-16,18H2,1H3,(H,30,32). The molecule has 35 heavy (non-hydrogen) atoms. The Balaban J connectivity index is 1.35. The Morgan fingerprint density at radius 1 is 0.886 bits per heavy atom. The highest BCUT2D eigenvalue weighted by molar-refractivity contribution is 5.83. The van der Waals surface area contributed by atoms with Gasteiger partial charge in [-0.2, -0.15) is 0 Å². The van der Waals surface area contributed by atoms with E-state index in [0.29, 0.717) is 29.2 Å². The maximum atomic E-state index is 13.1. The van der Waals surface area contributed by atoms with Gasteiger partial charge in [0.15, 0.2) is 0 Å². The van der Waals surface area contributed by atoms with Crippen molar-refractivity contribution < 1.29 is 14.2 Å². The van der Waals surface area contributed by atoms with Gasteiger partial charge >= 0.3 is 11.4 Å². The van der Waals surface area contributed by atoms with Crippen LogP contribution < -0.4 is 19.8 Å². The normalized spacial score (nSPS) is 11.0. The van der Waals surface area contributed by atoms with E-state index in [1.165, 1.54) is 7.11 Å². The quantitative estimate of drug-likeness (QED) is 0.263. The molecule has 0 spiro atoms. The summed E-state index contributed by atoms with van der Waals surface area (Å²) in [5.41, 5.74) is 3.93. The predicted molar refractivity (Wildman–Crippen MR) is 134 cm³/mol. The molecule has 0 aliphatic heterocycles. The highest BCUT2D eigenvalue weighted by Gasteiger charge is 2.24. The second kappa shape index (κ2) is 9.77. The molecule has 2 N–H and O–H groups in total. The fraction of sp³-hybridized carbons (Fsp3) is 0.143. The van der Waals surface area contributed by atoms with Gasteiger partial charge in [-0.05, 0) is 34.9 Å². The van der Waals surface area contributed by atoms with E-state index >= 15 is 0 Å². The topological polar surface area (TPSA) is 94.0 Å². The Morgan fingerprint density at radius 3 is 2.40 bits per heavy atom. The number of nitrogens with one attached hydrogen (secondary N) is 2. The van der Waals surface area contributed by atoms with Crippen molar-refractivity contribution in [2.45, 2.75) is 19.4 Å². The summed E-state index contributed by atoms with van der Waals surface area (Å²) >= 11 is 0. The molecule has 7 nitrogen and oxygen atoms in total. The van der Waals surface area contributed by atoms with E-state index in [1.807, 2.05) is 85.1 Å². The molecule has 0 atom stereocenters. The van der Waals surface area contributed by atoms with Gasteiger partial charge in [-0.25, -0.2) is 0 Å². The highest BCUT2D eigenvalue weighted by Crippen LogP contribution is 2.23. The van der Waals surface area contributed by atoms with Gasteiger partial charge in [0, 0.05) is 23.5 Å². The first-order chi connectivity index (χ1) is 17.1. The van der Waals surface area contributed by atoms with Crippen LogP contribution in [-0.2, 0) is 19.4 Å². The van der Waals surface area contributed by atoms with E-state index in [-0.39, 0.29) is 18.0 Å². The van der Waals surface area contributed by atoms with E-state index < -0.39 is 5.56 Å². The Labute approximate surface area is 202 Å². The Kier molecular flexibility index (Phi) is 6.22. The van der Waals surface area contributed by atoms with Crippen LogP contribution in [0.2, 0.25) is 0 Å². The van der Waals surface area contributed by atoms with Gasteiger partial charge in [0.05, 0.1) is 13.5 Å². The molecule has 0 aliphatic carbocycles. The maximum absolute atomic E-state index is 13.1. The Morgan fingerprint density at radius 2 is 1.63 bits per heavy atom. The molecule has 0 amide bonds. The molecule has 0 saturated carbocycles. The monoisotopic (exact) mass is 467 g/mol. The third kappa shape index (κ3) is 4.75. The molecule has 5 aromatic rings. The third-order valence-corrected chi connectivity index (χ3v) is 5.99. The summed E-state index contributed by atoms with van der Waals surface area (Å²) in [5, 5.41) is 14.1. The number of benzene rings is 3. The highest BCUT2D eigenvalue weighted by atomic mass is 16.5. The van der Waals surface area contributed by atoms with E-state index in [9.17, 15) is 10.0 Å². The van der Waals surface area contributed by atoms with Crippen molar-refractivity contribution in [3.63, 3.8) is 0 Å². The molecule has 2 heterocycles. The number of rotatable bonds is 8. The molecule has 0 aliphatic rings. The van der Waals surface area contributed by atoms with Gasteiger partial charge in [-0.3, -0.25) is 4.79 Å². The molecule has 0 radical (unpaired) electrons. The van der Waals surface area contributed by atoms with Crippen LogP contribution in [0.4, 0.5) is 0 Å². The smallest absolute Gasteiger partial charge is 0.400 e. The van der Waals surface area contributed by atoms with Crippen LogP contribution in [-0.4, -0.2) is 17.1 Å². The summed E-state index contributed by atoms with van der Waals surface area (Å²) in [6, 6.07) is 25.2. The molecule has 7 heteroatoms. The first-order valence-electron chi connectivity index (χ1n) is 11.3. The average molecular weight is 468 g/mol. The predicted octanol–water partition coefficient (Wildman–Crippen LogP) is 4.26. The molecule has 2 aromatic heterocycles. The molecule has 5 rings (SSSR count). The zero-order valence-corrected chi connectivity index (χ0v) is 19.3. The van der Waals surface area contributed by atoms with E-state index in [0.717, 1.165) is 27.6 Å². The summed E-state index contributed by atoms with van der Waals surface area (Å²) < 4.78 is 11.8. The molecular formula is C28H25N3O4. The van der Waals surface area contributed by atoms with Crippen molar-refractivity contribution in [3.8, 4) is 11.6 Å². The average Bonchev–Trinajstić information content (AvgIpc) is 3.29.